The van der Waals surface area contributed by atoms with Gasteiger partial charge in [0.1, 0.15) is 0 Å². The Morgan fingerprint density at radius 1 is 1.42 bits per heavy atom. The molecule has 0 aromatic rings. The molecule has 1 rings (SSSR count). The predicted molar refractivity (Wildman–Crippen MR) is 46.8 cm³/mol. The van der Waals surface area contributed by atoms with E-state index in [1.54, 1.807) is 5.01 Å². The van der Waals surface area contributed by atoms with Gasteiger partial charge >= 0.3 is 0 Å². The highest BCUT2D eigenvalue weighted by Gasteiger charge is 2.28. The lowest BCUT2D eigenvalue weighted by atomic mass is 10.3. The van der Waals surface area contributed by atoms with E-state index in [0.29, 0.717) is 19.6 Å². The molecule has 72 valence electrons. The van der Waals surface area contributed by atoms with Gasteiger partial charge in [-0.1, -0.05) is 0 Å². The average Bonchev–Trinajstić information content (AvgIpc) is 1.83. The van der Waals surface area contributed by atoms with E-state index in [-0.39, 0.29) is 6.04 Å². The van der Waals surface area contributed by atoms with Crippen LogP contribution in [-0.2, 0) is 10.0 Å². The maximum atomic E-state index is 11.2. The summed E-state index contributed by atoms with van der Waals surface area (Å²) in [7, 11) is -3.05. The number of piperazine rings is 1. The molecule has 0 aliphatic carbocycles. The summed E-state index contributed by atoms with van der Waals surface area (Å²) in [5, 5.41) is 1.65. The Labute approximate surface area is 73.1 Å². The van der Waals surface area contributed by atoms with E-state index in [0.717, 1.165) is 0 Å². The topological polar surface area (TPSA) is 66.6 Å². The van der Waals surface area contributed by atoms with Gasteiger partial charge in [0.05, 0.1) is 6.26 Å². The van der Waals surface area contributed by atoms with Gasteiger partial charge in [-0.25, -0.2) is 13.4 Å². The minimum Gasteiger partial charge on any atom is -0.269 e. The minimum absolute atomic E-state index is 0.0150. The summed E-state index contributed by atoms with van der Waals surface area (Å²) >= 11 is 0. The Morgan fingerprint density at radius 2 is 2.00 bits per heavy atom. The first-order valence-corrected chi connectivity index (χ1v) is 5.72. The lowest BCUT2D eigenvalue weighted by molar-refractivity contribution is 0.146. The fourth-order valence-corrected chi connectivity index (χ4v) is 2.60. The molecule has 1 saturated heterocycles. The molecule has 1 fully saturated rings. The van der Waals surface area contributed by atoms with Crippen LogP contribution in [0, 0.1) is 0 Å². The van der Waals surface area contributed by atoms with Crippen LogP contribution in [0.15, 0.2) is 0 Å². The van der Waals surface area contributed by atoms with Crippen molar-refractivity contribution in [1.82, 2.24) is 9.31 Å². The summed E-state index contributed by atoms with van der Waals surface area (Å²) in [6.07, 6.45) is 1.23. The molecule has 1 heterocycles. The van der Waals surface area contributed by atoms with Crippen molar-refractivity contribution >= 4 is 10.0 Å². The molecule has 0 aromatic carbocycles. The van der Waals surface area contributed by atoms with Gasteiger partial charge in [0, 0.05) is 25.7 Å². The SMILES string of the molecule is C[C@H]1CN(N)CCN1S(C)(=O)=O. The largest absolute Gasteiger partial charge is 0.269 e. The van der Waals surface area contributed by atoms with E-state index in [9.17, 15) is 8.42 Å². The van der Waals surface area contributed by atoms with E-state index in [1.165, 1.54) is 10.6 Å². The van der Waals surface area contributed by atoms with Crippen molar-refractivity contribution in [2.45, 2.75) is 13.0 Å². The molecule has 0 unspecified atom stereocenters. The van der Waals surface area contributed by atoms with Crippen LogP contribution in [0.5, 0.6) is 0 Å². The first kappa shape index (κ1) is 9.91. The Hall–Kier alpha value is -0.170. The molecule has 6 heteroatoms. The standard InChI is InChI=1S/C6H15N3O2S/c1-6-5-8(7)3-4-9(6)12(2,10)11/h6H,3-5,7H2,1-2H3/t6-/m0/s1. The molecule has 0 bridgehead atoms. The third-order valence-electron chi connectivity index (χ3n) is 2.02. The number of hydrazine groups is 1. The molecule has 0 aromatic heterocycles. The third kappa shape index (κ3) is 2.16. The number of rotatable bonds is 1. The summed E-state index contributed by atoms with van der Waals surface area (Å²) < 4.78 is 23.8. The van der Waals surface area contributed by atoms with Crippen molar-refractivity contribution in [2.75, 3.05) is 25.9 Å². The second kappa shape index (κ2) is 3.29. The Morgan fingerprint density at radius 3 is 2.42 bits per heavy atom. The molecule has 0 saturated carbocycles. The fourth-order valence-electron chi connectivity index (χ4n) is 1.46. The Kier molecular flexibility index (Phi) is 2.72. The molecule has 5 nitrogen and oxygen atoms in total. The monoisotopic (exact) mass is 193 g/mol. The zero-order valence-corrected chi connectivity index (χ0v) is 8.21. The third-order valence-corrected chi connectivity index (χ3v) is 3.42. The number of hydrogen-bond acceptors (Lipinski definition) is 4. The van der Waals surface area contributed by atoms with Crippen molar-refractivity contribution in [2.24, 2.45) is 5.84 Å². The number of nitrogens with two attached hydrogens (primary N) is 1. The second-order valence-corrected chi connectivity index (χ2v) is 5.15. The van der Waals surface area contributed by atoms with Gasteiger partial charge in [0.15, 0.2) is 0 Å². The number of nitrogens with zero attached hydrogens (tertiary/aromatic N) is 2. The van der Waals surface area contributed by atoms with Crippen LogP contribution in [0.2, 0.25) is 0 Å². The van der Waals surface area contributed by atoms with Crippen molar-refractivity contribution in [1.29, 1.82) is 0 Å². The highest BCUT2D eigenvalue weighted by atomic mass is 32.2. The van der Waals surface area contributed by atoms with E-state index < -0.39 is 10.0 Å². The van der Waals surface area contributed by atoms with Crippen molar-refractivity contribution in [3.63, 3.8) is 0 Å². The molecule has 0 radical (unpaired) electrons. The fraction of sp³-hybridized carbons (Fsp3) is 1.00. The van der Waals surface area contributed by atoms with Crippen molar-refractivity contribution in [3.8, 4) is 0 Å². The molecule has 0 amide bonds. The van der Waals surface area contributed by atoms with Gasteiger partial charge in [-0.3, -0.25) is 5.84 Å². The summed E-state index contributed by atoms with van der Waals surface area (Å²) in [5.74, 6) is 5.54. The zero-order valence-electron chi connectivity index (χ0n) is 7.40. The Balaban J connectivity index is 2.69. The number of sulfonamides is 1. The van der Waals surface area contributed by atoms with Gasteiger partial charge in [-0.05, 0) is 6.92 Å². The van der Waals surface area contributed by atoms with Crippen LogP contribution < -0.4 is 5.84 Å². The van der Waals surface area contributed by atoms with E-state index in [4.69, 9.17) is 5.84 Å². The van der Waals surface area contributed by atoms with Gasteiger partial charge in [-0.15, -0.1) is 0 Å². The molecule has 1 aliphatic rings. The van der Waals surface area contributed by atoms with Crippen molar-refractivity contribution in [3.05, 3.63) is 0 Å². The minimum atomic E-state index is -3.05. The molecule has 2 N–H and O–H groups in total. The normalized spacial score (nSPS) is 29.1. The molecule has 1 aliphatic heterocycles. The molecular formula is C6H15N3O2S. The number of hydrogen-bond donors (Lipinski definition) is 1. The highest BCUT2D eigenvalue weighted by Crippen LogP contribution is 2.10. The van der Waals surface area contributed by atoms with Gasteiger partial charge in [-0.2, -0.15) is 4.31 Å². The first-order valence-electron chi connectivity index (χ1n) is 3.87. The van der Waals surface area contributed by atoms with E-state index >= 15 is 0 Å². The van der Waals surface area contributed by atoms with E-state index in [2.05, 4.69) is 0 Å². The molecular weight excluding hydrogens is 178 g/mol. The smallest absolute Gasteiger partial charge is 0.211 e. The van der Waals surface area contributed by atoms with Gasteiger partial charge < -0.3 is 0 Å². The van der Waals surface area contributed by atoms with Gasteiger partial charge in [0.2, 0.25) is 10.0 Å². The average molecular weight is 193 g/mol. The lowest BCUT2D eigenvalue weighted by Crippen LogP contribution is -2.55. The summed E-state index contributed by atoms with van der Waals surface area (Å²) in [5.41, 5.74) is 0. The van der Waals surface area contributed by atoms with Crippen LogP contribution in [0.4, 0.5) is 0 Å². The van der Waals surface area contributed by atoms with Crippen LogP contribution in [0.1, 0.15) is 6.92 Å². The second-order valence-electron chi connectivity index (χ2n) is 3.22. The van der Waals surface area contributed by atoms with E-state index in [1.807, 2.05) is 6.92 Å². The highest BCUT2D eigenvalue weighted by molar-refractivity contribution is 7.88. The quantitative estimate of drug-likeness (QED) is 0.533. The zero-order chi connectivity index (χ0) is 9.35. The summed E-state index contributed by atoms with van der Waals surface area (Å²) in [4.78, 5) is 0. The van der Waals surface area contributed by atoms with Crippen LogP contribution >= 0.6 is 0 Å². The first-order chi connectivity index (χ1) is 5.41. The Bertz CT molecular complexity index is 252. The predicted octanol–water partition coefficient (Wildman–Crippen LogP) is -1.17. The summed E-state index contributed by atoms with van der Waals surface area (Å²) in [6, 6.07) is -0.0150. The summed E-state index contributed by atoms with van der Waals surface area (Å²) in [6.45, 7) is 3.57. The lowest BCUT2D eigenvalue weighted by Gasteiger charge is -2.35. The van der Waals surface area contributed by atoms with Crippen LogP contribution in [0.3, 0.4) is 0 Å². The maximum absolute atomic E-state index is 11.2. The van der Waals surface area contributed by atoms with Crippen LogP contribution in [-0.4, -0.2) is 49.7 Å². The molecule has 12 heavy (non-hydrogen) atoms. The maximum Gasteiger partial charge on any atom is 0.211 e. The molecule has 0 spiro atoms. The van der Waals surface area contributed by atoms with Crippen molar-refractivity contribution < 1.29 is 8.42 Å². The molecule has 1 atom stereocenters. The van der Waals surface area contributed by atoms with Gasteiger partial charge in [0.25, 0.3) is 0 Å². The van der Waals surface area contributed by atoms with Crippen LogP contribution in [0.25, 0.3) is 0 Å².